The number of benzene rings is 2. The molecule has 0 radical (unpaired) electrons. The van der Waals surface area contributed by atoms with E-state index in [0.29, 0.717) is 10.8 Å². The number of rotatable bonds is 5. The summed E-state index contributed by atoms with van der Waals surface area (Å²) in [6.45, 7) is 1.85. The van der Waals surface area contributed by atoms with Crippen molar-refractivity contribution in [2.24, 2.45) is 7.05 Å². The molecule has 1 amide bonds. The largest absolute Gasteiger partial charge is 0.356 e. The lowest BCUT2D eigenvalue weighted by molar-refractivity contribution is -0.111. The number of nitrogens with one attached hydrogen (secondary N) is 2. The zero-order valence-corrected chi connectivity index (χ0v) is 15.3. The molecule has 0 atom stereocenters. The van der Waals surface area contributed by atoms with Crippen LogP contribution in [0.25, 0.3) is 6.08 Å². The Morgan fingerprint density at radius 1 is 1.04 bits per heavy atom. The number of hydrogen-bond donors (Lipinski definition) is 2. The van der Waals surface area contributed by atoms with Gasteiger partial charge in [0.1, 0.15) is 5.15 Å². The van der Waals surface area contributed by atoms with E-state index in [1.165, 1.54) is 6.08 Å². The summed E-state index contributed by atoms with van der Waals surface area (Å²) in [6, 6.07) is 17.4. The number of halogens is 1. The Morgan fingerprint density at radius 2 is 1.65 bits per heavy atom. The van der Waals surface area contributed by atoms with Crippen LogP contribution in [0.1, 0.15) is 11.3 Å². The minimum atomic E-state index is -0.229. The van der Waals surface area contributed by atoms with Gasteiger partial charge in [0.05, 0.1) is 5.69 Å². The zero-order valence-electron chi connectivity index (χ0n) is 14.5. The van der Waals surface area contributed by atoms with Crippen molar-refractivity contribution in [2.45, 2.75) is 6.92 Å². The van der Waals surface area contributed by atoms with E-state index in [1.54, 1.807) is 17.8 Å². The van der Waals surface area contributed by atoms with Gasteiger partial charge in [-0.05, 0) is 49.4 Å². The summed E-state index contributed by atoms with van der Waals surface area (Å²) in [4.78, 5) is 12.1. The molecule has 2 N–H and O–H groups in total. The molecular formula is C20H19ClN4O. The van der Waals surface area contributed by atoms with E-state index >= 15 is 0 Å². The first-order chi connectivity index (χ1) is 12.5. The molecule has 0 saturated carbocycles. The number of carbonyl (C=O) groups excluding carboxylic acids is 1. The van der Waals surface area contributed by atoms with E-state index < -0.39 is 0 Å². The number of para-hydroxylation sites is 1. The molecule has 0 aliphatic rings. The molecular weight excluding hydrogens is 348 g/mol. The molecule has 26 heavy (non-hydrogen) atoms. The maximum Gasteiger partial charge on any atom is 0.248 e. The number of carbonyl (C=O) groups is 1. The molecule has 132 valence electrons. The molecule has 0 bridgehead atoms. The third-order valence-electron chi connectivity index (χ3n) is 3.81. The highest BCUT2D eigenvalue weighted by molar-refractivity contribution is 6.31. The Bertz CT molecular complexity index is 930. The minimum Gasteiger partial charge on any atom is -0.356 e. The van der Waals surface area contributed by atoms with Gasteiger partial charge in [-0.1, -0.05) is 29.8 Å². The van der Waals surface area contributed by atoms with Crippen molar-refractivity contribution in [3.05, 3.63) is 77.1 Å². The van der Waals surface area contributed by atoms with E-state index in [1.807, 2.05) is 61.5 Å². The van der Waals surface area contributed by atoms with Crippen LogP contribution in [0.15, 0.2) is 60.7 Å². The Hall–Kier alpha value is -3.05. The second-order valence-corrected chi connectivity index (χ2v) is 6.16. The first kappa shape index (κ1) is 17.8. The molecule has 0 aliphatic heterocycles. The molecule has 0 fully saturated rings. The second-order valence-electron chi connectivity index (χ2n) is 5.80. The monoisotopic (exact) mass is 366 g/mol. The van der Waals surface area contributed by atoms with Gasteiger partial charge in [-0.3, -0.25) is 9.48 Å². The van der Waals surface area contributed by atoms with Crippen LogP contribution in [0.3, 0.4) is 0 Å². The van der Waals surface area contributed by atoms with Gasteiger partial charge in [-0.15, -0.1) is 0 Å². The zero-order chi connectivity index (χ0) is 18.5. The fraction of sp³-hybridized carbons (Fsp3) is 0.100. The van der Waals surface area contributed by atoms with E-state index in [4.69, 9.17) is 11.6 Å². The average molecular weight is 367 g/mol. The summed E-state index contributed by atoms with van der Waals surface area (Å²) in [6.07, 6.45) is 3.12. The number of anilines is 3. The minimum absolute atomic E-state index is 0.229. The number of aromatic nitrogens is 2. The molecule has 3 aromatic rings. The van der Waals surface area contributed by atoms with Crippen molar-refractivity contribution in [3.8, 4) is 0 Å². The molecule has 5 nitrogen and oxygen atoms in total. The van der Waals surface area contributed by atoms with Gasteiger partial charge in [-0.25, -0.2) is 0 Å². The maximum absolute atomic E-state index is 12.1. The SMILES string of the molecule is Cc1nn(C)c(Cl)c1C=CC(=O)Nc1ccc(Nc2ccccc2)cc1. The van der Waals surface area contributed by atoms with Crippen LogP contribution in [0, 0.1) is 6.92 Å². The van der Waals surface area contributed by atoms with Gasteiger partial charge in [0.2, 0.25) is 5.91 Å². The predicted octanol–water partition coefficient (Wildman–Crippen LogP) is 4.78. The molecule has 0 saturated heterocycles. The second kappa shape index (κ2) is 7.89. The average Bonchev–Trinajstić information content (AvgIpc) is 2.88. The standard InChI is InChI=1S/C20H19ClN4O/c1-14-18(20(21)25(2)24-14)12-13-19(26)23-17-10-8-16(9-11-17)22-15-6-4-3-5-7-15/h3-13,22H,1-2H3,(H,23,26). The molecule has 6 heteroatoms. The smallest absolute Gasteiger partial charge is 0.248 e. The lowest BCUT2D eigenvalue weighted by Crippen LogP contribution is -2.07. The summed E-state index contributed by atoms with van der Waals surface area (Å²) < 4.78 is 1.58. The predicted molar refractivity (Wildman–Crippen MR) is 107 cm³/mol. The highest BCUT2D eigenvalue weighted by Crippen LogP contribution is 2.21. The first-order valence-corrected chi connectivity index (χ1v) is 8.51. The van der Waals surface area contributed by atoms with E-state index in [-0.39, 0.29) is 5.91 Å². The topological polar surface area (TPSA) is 59.0 Å². The Balaban J connectivity index is 1.61. The van der Waals surface area contributed by atoms with Crippen molar-refractivity contribution in [1.82, 2.24) is 9.78 Å². The summed E-state index contributed by atoms with van der Waals surface area (Å²) in [5.41, 5.74) is 4.19. The number of nitrogens with zero attached hydrogens (tertiary/aromatic N) is 2. The van der Waals surface area contributed by atoms with Crippen molar-refractivity contribution in [3.63, 3.8) is 0 Å². The quantitative estimate of drug-likeness (QED) is 0.639. The summed E-state index contributed by atoms with van der Waals surface area (Å²) in [5.74, 6) is -0.229. The van der Waals surface area contributed by atoms with Gasteiger partial charge in [0.25, 0.3) is 0 Å². The van der Waals surface area contributed by atoms with Crippen molar-refractivity contribution in [2.75, 3.05) is 10.6 Å². The lowest BCUT2D eigenvalue weighted by Gasteiger charge is -2.07. The van der Waals surface area contributed by atoms with Gasteiger partial charge >= 0.3 is 0 Å². The number of amides is 1. The Kier molecular flexibility index (Phi) is 5.39. The van der Waals surface area contributed by atoms with Gasteiger partial charge in [-0.2, -0.15) is 5.10 Å². The first-order valence-electron chi connectivity index (χ1n) is 8.13. The normalized spacial score (nSPS) is 10.9. The number of aryl methyl sites for hydroxylation is 2. The van der Waals surface area contributed by atoms with Crippen molar-refractivity contribution >= 4 is 40.6 Å². The van der Waals surface area contributed by atoms with Gasteiger partial charge in [0, 0.05) is 35.7 Å². The fourth-order valence-electron chi connectivity index (χ4n) is 2.50. The molecule has 3 rings (SSSR count). The van der Waals surface area contributed by atoms with E-state index in [0.717, 1.165) is 22.6 Å². The number of hydrogen-bond acceptors (Lipinski definition) is 3. The van der Waals surface area contributed by atoms with Gasteiger partial charge < -0.3 is 10.6 Å². The Labute approximate surface area is 157 Å². The van der Waals surface area contributed by atoms with Crippen LogP contribution in [-0.2, 0) is 11.8 Å². The molecule has 0 spiro atoms. The maximum atomic E-state index is 12.1. The molecule has 1 heterocycles. The lowest BCUT2D eigenvalue weighted by atomic mass is 10.2. The van der Waals surface area contributed by atoms with E-state index in [9.17, 15) is 4.79 Å². The van der Waals surface area contributed by atoms with Crippen molar-refractivity contribution < 1.29 is 4.79 Å². The summed E-state index contributed by atoms with van der Waals surface area (Å²) >= 11 is 6.15. The Morgan fingerprint density at radius 3 is 2.27 bits per heavy atom. The van der Waals surface area contributed by atoms with Crippen LogP contribution in [0.2, 0.25) is 5.15 Å². The van der Waals surface area contributed by atoms with Crippen LogP contribution in [-0.4, -0.2) is 15.7 Å². The van der Waals surface area contributed by atoms with Crippen LogP contribution < -0.4 is 10.6 Å². The van der Waals surface area contributed by atoms with Crippen LogP contribution in [0.5, 0.6) is 0 Å². The van der Waals surface area contributed by atoms with E-state index in [2.05, 4.69) is 15.7 Å². The molecule has 1 aromatic heterocycles. The highest BCUT2D eigenvalue weighted by Gasteiger charge is 2.08. The van der Waals surface area contributed by atoms with Crippen LogP contribution in [0.4, 0.5) is 17.1 Å². The molecule has 0 unspecified atom stereocenters. The van der Waals surface area contributed by atoms with Crippen molar-refractivity contribution in [1.29, 1.82) is 0 Å². The molecule has 0 aliphatic carbocycles. The summed E-state index contributed by atoms with van der Waals surface area (Å²) in [7, 11) is 1.76. The highest BCUT2D eigenvalue weighted by atomic mass is 35.5. The van der Waals surface area contributed by atoms with Crippen LogP contribution >= 0.6 is 11.6 Å². The third kappa shape index (κ3) is 4.32. The van der Waals surface area contributed by atoms with Gasteiger partial charge in [0.15, 0.2) is 0 Å². The third-order valence-corrected chi connectivity index (χ3v) is 4.26. The summed E-state index contributed by atoms with van der Waals surface area (Å²) in [5, 5.41) is 10.8. The fourth-order valence-corrected chi connectivity index (χ4v) is 2.74. The molecule has 2 aromatic carbocycles.